The minimum atomic E-state index is 0.306. The van der Waals surface area contributed by atoms with E-state index in [0.29, 0.717) is 11.6 Å². The van der Waals surface area contributed by atoms with Crippen LogP contribution in [0.5, 0.6) is 0 Å². The van der Waals surface area contributed by atoms with Crippen LogP contribution in [0.4, 0.5) is 0 Å². The minimum absolute atomic E-state index is 0.306. The van der Waals surface area contributed by atoms with Gasteiger partial charge in [-0.05, 0) is 25.8 Å². The lowest BCUT2D eigenvalue weighted by Crippen LogP contribution is -2.44. The molecule has 12 heavy (non-hydrogen) atoms. The van der Waals surface area contributed by atoms with Crippen LogP contribution in [0.2, 0.25) is 0 Å². The SMILES string of the molecule is CO[C@H]1CN2CCC[C@@]2(CN)C1. The van der Waals surface area contributed by atoms with E-state index >= 15 is 0 Å². The van der Waals surface area contributed by atoms with Crippen molar-refractivity contribution in [1.29, 1.82) is 0 Å². The molecule has 0 aliphatic carbocycles. The van der Waals surface area contributed by atoms with Crippen molar-refractivity contribution >= 4 is 0 Å². The minimum Gasteiger partial charge on any atom is -0.380 e. The number of hydrogen-bond donors (Lipinski definition) is 1. The Hall–Kier alpha value is -0.120. The zero-order chi connectivity index (χ0) is 8.60. The number of hydrogen-bond acceptors (Lipinski definition) is 3. The van der Waals surface area contributed by atoms with Crippen LogP contribution >= 0.6 is 0 Å². The molecule has 2 aliphatic heterocycles. The normalized spacial score (nSPS) is 42.0. The fraction of sp³-hybridized carbons (Fsp3) is 1.00. The average Bonchev–Trinajstić information content (AvgIpc) is 2.58. The van der Waals surface area contributed by atoms with Gasteiger partial charge < -0.3 is 10.5 Å². The number of fused-ring (bicyclic) bond motifs is 1. The maximum absolute atomic E-state index is 5.83. The summed E-state index contributed by atoms with van der Waals surface area (Å²) < 4.78 is 5.38. The summed E-state index contributed by atoms with van der Waals surface area (Å²) >= 11 is 0. The van der Waals surface area contributed by atoms with Crippen LogP contribution in [0, 0.1) is 0 Å². The fourth-order valence-electron chi connectivity index (χ4n) is 2.72. The van der Waals surface area contributed by atoms with Gasteiger partial charge in [-0.3, -0.25) is 4.90 Å². The Morgan fingerprint density at radius 3 is 3.08 bits per heavy atom. The molecule has 0 unspecified atom stereocenters. The molecular weight excluding hydrogens is 152 g/mol. The first-order chi connectivity index (χ1) is 5.80. The number of rotatable bonds is 2. The highest BCUT2D eigenvalue weighted by atomic mass is 16.5. The molecule has 0 spiro atoms. The van der Waals surface area contributed by atoms with Gasteiger partial charge in [-0.15, -0.1) is 0 Å². The first-order valence-corrected chi connectivity index (χ1v) is 4.79. The van der Waals surface area contributed by atoms with E-state index in [-0.39, 0.29) is 0 Å². The van der Waals surface area contributed by atoms with Crippen molar-refractivity contribution in [3.63, 3.8) is 0 Å². The predicted molar refractivity (Wildman–Crippen MR) is 48.0 cm³/mol. The monoisotopic (exact) mass is 170 g/mol. The average molecular weight is 170 g/mol. The zero-order valence-corrected chi connectivity index (χ0v) is 7.75. The van der Waals surface area contributed by atoms with E-state index in [1.807, 2.05) is 0 Å². The summed E-state index contributed by atoms with van der Waals surface area (Å²) in [5.74, 6) is 0. The van der Waals surface area contributed by atoms with Gasteiger partial charge in [0, 0.05) is 25.7 Å². The third kappa shape index (κ3) is 1.08. The quantitative estimate of drug-likeness (QED) is 0.643. The Kier molecular flexibility index (Phi) is 2.10. The topological polar surface area (TPSA) is 38.5 Å². The van der Waals surface area contributed by atoms with Gasteiger partial charge in [0.1, 0.15) is 0 Å². The second kappa shape index (κ2) is 2.98. The van der Waals surface area contributed by atoms with Crippen molar-refractivity contribution < 1.29 is 4.74 Å². The third-order valence-corrected chi connectivity index (χ3v) is 3.49. The van der Waals surface area contributed by atoms with E-state index in [9.17, 15) is 0 Å². The summed E-state index contributed by atoms with van der Waals surface area (Å²) in [6.07, 6.45) is 4.14. The highest BCUT2D eigenvalue weighted by Gasteiger charge is 2.47. The number of nitrogens with zero attached hydrogens (tertiary/aromatic N) is 1. The third-order valence-electron chi connectivity index (χ3n) is 3.49. The molecule has 2 rings (SSSR count). The lowest BCUT2D eigenvalue weighted by molar-refractivity contribution is 0.107. The van der Waals surface area contributed by atoms with Gasteiger partial charge in [0.15, 0.2) is 0 Å². The second-order valence-electron chi connectivity index (χ2n) is 4.04. The van der Waals surface area contributed by atoms with Gasteiger partial charge in [0.05, 0.1) is 6.10 Å². The van der Waals surface area contributed by atoms with Crippen molar-refractivity contribution in [1.82, 2.24) is 4.90 Å². The van der Waals surface area contributed by atoms with E-state index in [1.54, 1.807) is 7.11 Å². The van der Waals surface area contributed by atoms with Crippen LogP contribution in [0.1, 0.15) is 19.3 Å². The molecule has 0 aromatic heterocycles. The largest absolute Gasteiger partial charge is 0.380 e. The van der Waals surface area contributed by atoms with Crippen LogP contribution in [-0.2, 0) is 4.74 Å². The van der Waals surface area contributed by atoms with Crippen molar-refractivity contribution in [2.45, 2.75) is 30.9 Å². The van der Waals surface area contributed by atoms with Crippen LogP contribution < -0.4 is 5.73 Å². The van der Waals surface area contributed by atoms with Gasteiger partial charge >= 0.3 is 0 Å². The van der Waals surface area contributed by atoms with Gasteiger partial charge in [-0.1, -0.05) is 0 Å². The summed E-state index contributed by atoms with van der Waals surface area (Å²) in [6.45, 7) is 3.11. The van der Waals surface area contributed by atoms with Gasteiger partial charge in [0.2, 0.25) is 0 Å². The molecule has 2 fully saturated rings. The second-order valence-corrected chi connectivity index (χ2v) is 4.04. The summed E-state index contributed by atoms with van der Waals surface area (Å²) in [5.41, 5.74) is 6.14. The molecule has 0 bridgehead atoms. The molecule has 2 aliphatic rings. The standard InChI is InChI=1S/C9H18N2O/c1-12-8-5-9(7-10)3-2-4-11(9)6-8/h8H,2-7,10H2,1H3/t8-,9+/m1/s1. The Balaban J connectivity index is 2.09. The molecule has 2 N–H and O–H groups in total. The summed E-state index contributed by atoms with van der Waals surface area (Å²) in [5, 5.41) is 0. The van der Waals surface area contributed by atoms with Crippen molar-refractivity contribution in [2.75, 3.05) is 26.7 Å². The molecular formula is C9H18N2O. The van der Waals surface area contributed by atoms with Crippen LogP contribution in [0.15, 0.2) is 0 Å². The van der Waals surface area contributed by atoms with E-state index in [4.69, 9.17) is 10.5 Å². The molecule has 3 nitrogen and oxygen atoms in total. The molecule has 70 valence electrons. The van der Waals surface area contributed by atoms with Crippen LogP contribution in [0.25, 0.3) is 0 Å². The first kappa shape index (κ1) is 8.48. The van der Waals surface area contributed by atoms with Crippen molar-refractivity contribution in [3.05, 3.63) is 0 Å². The van der Waals surface area contributed by atoms with Crippen LogP contribution in [-0.4, -0.2) is 43.3 Å². The number of nitrogens with two attached hydrogens (primary N) is 1. The van der Waals surface area contributed by atoms with E-state index in [0.717, 1.165) is 19.5 Å². The summed E-state index contributed by atoms with van der Waals surface area (Å²) in [7, 11) is 1.80. The molecule has 0 saturated carbocycles. The molecule has 3 heteroatoms. The molecule has 0 aromatic rings. The Morgan fingerprint density at radius 1 is 1.67 bits per heavy atom. The molecule has 0 radical (unpaired) electrons. The number of methoxy groups -OCH3 is 1. The van der Waals surface area contributed by atoms with Crippen molar-refractivity contribution in [2.24, 2.45) is 5.73 Å². The van der Waals surface area contributed by atoms with E-state index < -0.39 is 0 Å². The maximum atomic E-state index is 5.83. The highest BCUT2D eigenvalue weighted by molar-refractivity contribution is 5.04. The zero-order valence-electron chi connectivity index (χ0n) is 7.75. The molecule has 0 aromatic carbocycles. The maximum Gasteiger partial charge on any atom is 0.0716 e. The molecule has 2 saturated heterocycles. The Morgan fingerprint density at radius 2 is 2.50 bits per heavy atom. The van der Waals surface area contributed by atoms with Gasteiger partial charge in [-0.2, -0.15) is 0 Å². The Bertz CT molecular complexity index is 174. The first-order valence-electron chi connectivity index (χ1n) is 4.79. The van der Waals surface area contributed by atoms with Crippen LogP contribution in [0.3, 0.4) is 0 Å². The summed E-state index contributed by atoms with van der Waals surface area (Å²) in [6, 6.07) is 0. The van der Waals surface area contributed by atoms with Gasteiger partial charge in [-0.25, -0.2) is 0 Å². The molecule has 0 amide bonds. The molecule has 2 heterocycles. The molecule has 2 atom stereocenters. The highest BCUT2D eigenvalue weighted by Crippen LogP contribution is 2.38. The lowest BCUT2D eigenvalue weighted by atomic mass is 9.94. The Labute approximate surface area is 73.9 Å². The number of ether oxygens (including phenoxy) is 1. The van der Waals surface area contributed by atoms with E-state index in [1.165, 1.54) is 19.4 Å². The predicted octanol–water partition coefficient (Wildman–Crippen LogP) is 0.198. The van der Waals surface area contributed by atoms with Gasteiger partial charge in [0.25, 0.3) is 0 Å². The fourth-order valence-corrected chi connectivity index (χ4v) is 2.72. The lowest BCUT2D eigenvalue weighted by Gasteiger charge is -2.29. The smallest absolute Gasteiger partial charge is 0.0716 e. The van der Waals surface area contributed by atoms with Crippen molar-refractivity contribution in [3.8, 4) is 0 Å². The summed E-state index contributed by atoms with van der Waals surface area (Å²) in [4.78, 5) is 2.52. The van der Waals surface area contributed by atoms with E-state index in [2.05, 4.69) is 4.90 Å².